The Labute approximate surface area is 88.7 Å². The van der Waals surface area contributed by atoms with Crippen LogP contribution in [0.5, 0.6) is 0 Å². The van der Waals surface area contributed by atoms with E-state index in [-0.39, 0.29) is 5.88 Å². The molecule has 5 nitrogen and oxygen atoms in total. The van der Waals surface area contributed by atoms with Crippen molar-refractivity contribution in [1.29, 1.82) is 0 Å². The summed E-state index contributed by atoms with van der Waals surface area (Å²) >= 11 is 1.24. The van der Waals surface area contributed by atoms with Crippen LogP contribution in [0.25, 0.3) is 0 Å². The van der Waals surface area contributed by atoms with Gasteiger partial charge in [-0.2, -0.15) is 5.10 Å². The highest BCUT2D eigenvalue weighted by atomic mass is 32.2. The fraction of sp³-hybridized carbons (Fsp3) is 0.571. The summed E-state index contributed by atoms with van der Waals surface area (Å²) in [5.74, 6) is 4.97. The van der Waals surface area contributed by atoms with Crippen molar-refractivity contribution >= 4 is 26.6 Å². The van der Waals surface area contributed by atoms with Gasteiger partial charge in [0.05, 0.1) is 10.1 Å². The largest absolute Gasteiger partial charge is 0.366 e. The van der Waals surface area contributed by atoms with Crippen LogP contribution >= 0.6 is 11.8 Å². The Morgan fingerprint density at radius 2 is 2.21 bits per heavy atom. The van der Waals surface area contributed by atoms with Gasteiger partial charge in [0, 0.05) is 6.26 Å². The fourth-order valence-corrected chi connectivity index (χ4v) is 1.73. The summed E-state index contributed by atoms with van der Waals surface area (Å²) in [6.45, 7) is 5.55. The van der Waals surface area contributed by atoms with Gasteiger partial charge < -0.3 is 11.2 Å². The minimum Gasteiger partial charge on any atom is -0.366 e. The van der Waals surface area contributed by atoms with Crippen LogP contribution in [-0.2, 0) is 9.84 Å². The van der Waals surface area contributed by atoms with Crippen molar-refractivity contribution in [1.82, 2.24) is 5.32 Å². The molecule has 0 saturated carbocycles. The zero-order valence-corrected chi connectivity index (χ0v) is 9.91. The van der Waals surface area contributed by atoms with Gasteiger partial charge in [-0.3, -0.25) is 0 Å². The summed E-state index contributed by atoms with van der Waals surface area (Å²) < 4.78 is 21.6. The second kappa shape index (κ2) is 5.92. The van der Waals surface area contributed by atoms with Crippen LogP contribution in [0.2, 0.25) is 0 Å². The molecule has 0 rings (SSSR count). The molecule has 0 radical (unpaired) electrons. The lowest BCUT2D eigenvalue weighted by atomic mass is 10.5. The highest BCUT2D eigenvalue weighted by Gasteiger charge is 2.04. The smallest absolute Gasteiger partial charge is 0.165 e. The van der Waals surface area contributed by atoms with Crippen LogP contribution in [-0.4, -0.2) is 25.6 Å². The van der Waals surface area contributed by atoms with Gasteiger partial charge in [-0.15, -0.1) is 0 Å². The Kier molecular flexibility index (Phi) is 5.63. The molecule has 0 aliphatic rings. The molecule has 14 heavy (non-hydrogen) atoms. The maximum Gasteiger partial charge on any atom is 0.165 e. The quantitative estimate of drug-likeness (QED) is 0.314. The molecule has 0 aliphatic heterocycles. The van der Waals surface area contributed by atoms with E-state index in [1.807, 2.05) is 6.92 Å². The molecule has 0 saturated heterocycles. The van der Waals surface area contributed by atoms with E-state index in [2.05, 4.69) is 17.0 Å². The number of nitrogens with two attached hydrogens (primary N) is 1. The number of nitrogens with one attached hydrogen (secondary N) is 1. The summed E-state index contributed by atoms with van der Waals surface area (Å²) in [7, 11) is -3.02. The van der Waals surface area contributed by atoms with Crippen LogP contribution in [0, 0.1) is 0 Å². The van der Waals surface area contributed by atoms with Crippen molar-refractivity contribution in [3.8, 4) is 0 Å². The Hall–Kier alpha value is -0.690. The van der Waals surface area contributed by atoms with Crippen molar-refractivity contribution < 1.29 is 8.42 Å². The number of rotatable bonds is 5. The first-order valence-corrected chi connectivity index (χ1v) is 6.82. The molecule has 0 atom stereocenters. The summed E-state index contributed by atoms with van der Waals surface area (Å²) in [4.78, 5) is 0. The molecule has 0 unspecified atom stereocenters. The standard InChI is InChI=1S/C7H15N3O2S2/c1-4-7(10-8)13-6(2)9-5-14(3,11)12/h9H,2,4-5,8H2,1,3H3/b10-7-. The van der Waals surface area contributed by atoms with E-state index in [4.69, 9.17) is 5.84 Å². The summed E-state index contributed by atoms with van der Waals surface area (Å²) in [5, 5.41) is 7.42. The molecular weight excluding hydrogens is 222 g/mol. The molecule has 0 aliphatic carbocycles. The Balaban J connectivity index is 4.00. The first-order chi connectivity index (χ1) is 6.39. The third-order valence-corrected chi connectivity index (χ3v) is 2.91. The zero-order valence-electron chi connectivity index (χ0n) is 8.28. The molecule has 0 spiro atoms. The molecule has 0 amide bonds. The number of hydrazone groups is 1. The molecule has 82 valence electrons. The first kappa shape index (κ1) is 13.3. The lowest BCUT2D eigenvalue weighted by Crippen LogP contribution is -2.20. The van der Waals surface area contributed by atoms with E-state index in [0.717, 1.165) is 6.26 Å². The molecule has 3 N–H and O–H groups in total. The van der Waals surface area contributed by atoms with Gasteiger partial charge in [-0.05, 0) is 6.42 Å². The van der Waals surface area contributed by atoms with Crippen molar-refractivity contribution in [2.45, 2.75) is 13.3 Å². The molecule has 0 bridgehead atoms. The van der Waals surface area contributed by atoms with E-state index >= 15 is 0 Å². The van der Waals surface area contributed by atoms with E-state index in [1.165, 1.54) is 11.8 Å². The Bertz CT molecular complexity index is 322. The van der Waals surface area contributed by atoms with Gasteiger partial charge in [0.2, 0.25) is 0 Å². The van der Waals surface area contributed by atoms with Crippen LogP contribution in [0.3, 0.4) is 0 Å². The zero-order chi connectivity index (χ0) is 11.2. The Morgan fingerprint density at radius 1 is 1.64 bits per heavy atom. The van der Waals surface area contributed by atoms with Crippen molar-refractivity contribution in [3.63, 3.8) is 0 Å². The predicted molar refractivity (Wildman–Crippen MR) is 61.5 cm³/mol. The van der Waals surface area contributed by atoms with Crippen molar-refractivity contribution in [2.75, 3.05) is 12.1 Å². The lowest BCUT2D eigenvalue weighted by Gasteiger charge is -2.07. The van der Waals surface area contributed by atoms with Gasteiger partial charge in [0.15, 0.2) is 9.84 Å². The summed E-state index contributed by atoms with van der Waals surface area (Å²) in [6.07, 6.45) is 1.84. The topological polar surface area (TPSA) is 84.5 Å². The molecular formula is C7H15N3O2S2. The maximum atomic E-state index is 10.8. The van der Waals surface area contributed by atoms with Gasteiger partial charge in [0.25, 0.3) is 0 Å². The molecule has 0 aromatic carbocycles. The average Bonchev–Trinajstić information content (AvgIpc) is 2.09. The van der Waals surface area contributed by atoms with E-state index < -0.39 is 9.84 Å². The third kappa shape index (κ3) is 6.79. The second-order valence-corrected chi connectivity index (χ2v) is 5.96. The second-order valence-electron chi connectivity index (χ2n) is 2.65. The van der Waals surface area contributed by atoms with Crippen molar-refractivity contribution in [3.05, 3.63) is 11.6 Å². The average molecular weight is 237 g/mol. The lowest BCUT2D eigenvalue weighted by molar-refractivity contribution is 0.598. The molecule has 0 aromatic heterocycles. The van der Waals surface area contributed by atoms with Gasteiger partial charge in [0.1, 0.15) is 5.88 Å². The number of sulfone groups is 1. The summed E-state index contributed by atoms with van der Waals surface area (Å²) in [5.41, 5.74) is 0. The molecule has 7 heteroatoms. The molecule has 0 aromatic rings. The maximum absolute atomic E-state index is 10.8. The van der Waals surface area contributed by atoms with Crippen LogP contribution in [0.1, 0.15) is 13.3 Å². The van der Waals surface area contributed by atoms with Gasteiger partial charge in [-0.1, -0.05) is 25.3 Å². The van der Waals surface area contributed by atoms with E-state index in [9.17, 15) is 8.42 Å². The molecule has 0 fully saturated rings. The SMILES string of the molecule is C=C(NCS(C)(=O)=O)S/C(CC)=N\N. The van der Waals surface area contributed by atoms with Crippen LogP contribution in [0.4, 0.5) is 0 Å². The number of thioether (sulfide) groups is 1. The Morgan fingerprint density at radius 3 is 2.57 bits per heavy atom. The highest BCUT2D eigenvalue weighted by molar-refractivity contribution is 8.17. The van der Waals surface area contributed by atoms with Crippen LogP contribution < -0.4 is 11.2 Å². The normalized spacial score (nSPS) is 12.6. The number of hydrogen-bond donors (Lipinski definition) is 2. The number of hydrogen-bond acceptors (Lipinski definition) is 6. The minimum atomic E-state index is -3.02. The monoisotopic (exact) mass is 237 g/mol. The number of nitrogens with zero attached hydrogens (tertiary/aromatic N) is 1. The van der Waals surface area contributed by atoms with Gasteiger partial charge in [-0.25, -0.2) is 8.42 Å². The van der Waals surface area contributed by atoms with Gasteiger partial charge >= 0.3 is 0 Å². The first-order valence-electron chi connectivity index (χ1n) is 3.94. The third-order valence-electron chi connectivity index (χ3n) is 1.22. The summed E-state index contributed by atoms with van der Waals surface area (Å²) in [6, 6.07) is 0. The van der Waals surface area contributed by atoms with E-state index in [0.29, 0.717) is 16.5 Å². The van der Waals surface area contributed by atoms with Crippen LogP contribution in [0.15, 0.2) is 16.7 Å². The van der Waals surface area contributed by atoms with E-state index in [1.54, 1.807) is 0 Å². The molecule has 0 heterocycles. The predicted octanol–water partition coefficient (Wildman–Crippen LogP) is 0.465. The fourth-order valence-electron chi connectivity index (χ4n) is 0.580. The minimum absolute atomic E-state index is 0.125. The highest BCUT2D eigenvalue weighted by Crippen LogP contribution is 2.14. The van der Waals surface area contributed by atoms with Crippen molar-refractivity contribution in [2.24, 2.45) is 10.9 Å².